The van der Waals surface area contributed by atoms with Gasteiger partial charge in [0.15, 0.2) is 0 Å². The van der Waals surface area contributed by atoms with Crippen LogP contribution in [0.25, 0.3) is 16.3 Å². The molecule has 2 fully saturated rings. The molecule has 6 rings (SSSR count). The third-order valence-corrected chi connectivity index (χ3v) is 7.33. The lowest BCUT2D eigenvalue weighted by Gasteiger charge is -2.56. The van der Waals surface area contributed by atoms with Crippen molar-refractivity contribution < 1.29 is 14.7 Å². The average molecular weight is 441 g/mol. The predicted octanol–water partition coefficient (Wildman–Crippen LogP) is 3.85. The van der Waals surface area contributed by atoms with Crippen molar-refractivity contribution in [2.45, 2.75) is 38.1 Å². The highest BCUT2D eigenvalue weighted by atomic mass is 16.4. The zero-order valence-corrected chi connectivity index (χ0v) is 18.1. The van der Waals surface area contributed by atoms with Crippen LogP contribution in [0, 0.1) is 11.3 Å². The minimum absolute atomic E-state index is 0.0940. The number of carboxylic acids is 1. The fraction of sp³-hybridized carbons (Fsp3) is 0.308. The van der Waals surface area contributed by atoms with Crippen LogP contribution in [-0.2, 0) is 11.2 Å². The maximum absolute atomic E-state index is 13.1. The molecular weight excluding hydrogens is 416 g/mol. The van der Waals surface area contributed by atoms with Crippen molar-refractivity contribution in [1.82, 2.24) is 19.9 Å². The zero-order valence-electron chi connectivity index (χ0n) is 18.1. The van der Waals surface area contributed by atoms with Gasteiger partial charge in [0.1, 0.15) is 0 Å². The average Bonchev–Trinajstić information content (AvgIpc) is 3.19. The molecule has 1 aromatic carbocycles. The number of carbonyl (C=O) groups excluding carboxylic acids is 1. The molecule has 2 N–H and O–H groups in total. The van der Waals surface area contributed by atoms with Crippen molar-refractivity contribution >= 4 is 28.2 Å². The van der Waals surface area contributed by atoms with Crippen LogP contribution in [-0.4, -0.2) is 37.6 Å². The minimum Gasteiger partial charge on any atom is -0.481 e. The number of rotatable bonds is 5. The Morgan fingerprint density at radius 3 is 2.64 bits per heavy atom. The van der Waals surface area contributed by atoms with E-state index in [0.717, 1.165) is 53.2 Å². The van der Waals surface area contributed by atoms with E-state index in [2.05, 4.69) is 27.5 Å². The molecule has 0 saturated heterocycles. The molecule has 7 nitrogen and oxygen atoms in total. The van der Waals surface area contributed by atoms with Crippen molar-refractivity contribution in [3.63, 3.8) is 0 Å². The van der Waals surface area contributed by atoms with Gasteiger partial charge in [-0.1, -0.05) is 30.3 Å². The highest BCUT2D eigenvalue weighted by Crippen LogP contribution is 2.58. The van der Waals surface area contributed by atoms with E-state index in [1.165, 1.54) is 0 Å². The zero-order chi connectivity index (χ0) is 22.6. The molecule has 33 heavy (non-hydrogen) atoms. The van der Waals surface area contributed by atoms with Gasteiger partial charge in [0.05, 0.1) is 23.2 Å². The van der Waals surface area contributed by atoms with Crippen molar-refractivity contribution in [2.24, 2.45) is 11.3 Å². The van der Waals surface area contributed by atoms with E-state index < -0.39 is 5.97 Å². The number of aromatic nitrogens is 3. The maximum Gasteiger partial charge on any atom is 0.306 e. The summed E-state index contributed by atoms with van der Waals surface area (Å²) >= 11 is 0. The number of amides is 1. The Morgan fingerprint density at radius 2 is 1.85 bits per heavy atom. The lowest BCUT2D eigenvalue weighted by atomic mass is 9.50. The van der Waals surface area contributed by atoms with Gasteiger partial charge in [-0.15, -0.1) is 0 Å². The molecule has 1 amide bonds. The summed E-state index contributed by atoms with van der Waals surface area (Å²) in [6, 6.07) is 14.3. The summed E-state index contributed by atoms with van der Waals surface area (Å²) in [6.07, 6.45) is 9.14. The van der Waals surface area contributed by atoms with E-state index in [-0.39, 0.29) is 23.3 Å². The van der Waals surface area contributed by atoms with E-state index in [9.17, 15) is 9.59 Å². The highest BCUT2D eigenvalue weighted by molar-refractivity contribution is 6.01. The first-order chi connectivity index (χ1) is 16.0. The molecule has 0 atom stereocenters. The Balaban J connectivity index is 1.21. The second kappa shape index (κ2) is 7.40. The van der Waals surface area contributed by atoms with Gasteiger partial charge in [-0.25, -0.2) is 4.52 Å². The Kier molecular flexibility index (Phi) is 4.47. The number of fused-ring (bicyclic) bond motifs is 2. The molecule has 2 aliphatic carbocycles. The summed E-state index contributed by atoms with van der Waals surface area (Å²) in [6.45, 7) is 0. The molecular formula is C26H24N4O3. The van der Waals surface area contributed by atoms with Crippen LogP contribution in [0.15, 0.2) is 61.1 Å². The molecule has 7 heteroatoms. The van der Waals surface area contributed by atoms with Crippen molar-refractivity contribution in [1.29, 1.82) is 0 Å². The minimum atomic E-state index is -0.701. The Bertz CT molecular complexity index is 1400. The van der Waals surface area contributed by atoms with Crippen LogP contribution in [0.3, 0.4) is 0 Å². The second-order valence-electron chi connectivity index (χ2n) is 9.61. The van der Waals surface area contributed by atoms with Crippen LogP contribution in [0.5, 0.6) is 0 Å². The van der Waals surface area contributed by atoms with E-state index in [1.54, 1.807) is 10.7 Å². The predicted molar refractivity (Wildman–Crippen MR) is 123 cm³/mol. The molecule has 0 aliphatic heterocycles. The molecule has 0 bridgehead atoms. The standard InChI is InChI=1S/C26H24N4O3/c31-24(29-21-12-26(13-21)10-19(11-26)25(32)33)22-15-28-30-7-3-6-17(23(22)30)9-20-8-16-4-1-2-5-18(16)14-27-20/h1-8,14-15,19,21H,9-13H2,(H,29,31)(H,32,33). The molecule has 0 unspecified atom stereocenters. The van der Waals surface area contributed by atoms with Gasteiger partial charge < -0.3 is 10.4 Å². The smallest absolute Gasteiger partial charge is 0.306 e. The largest absolute Gasteiger partial charge is 0.481 e. The molecule has 2 saturated carbocycles. The number of nitrogens with zero attached hydrogens (tertiary/aromatic N) is 3. The lowest BCUT2D eigenvalue weighted by Crippen LogP contribution is -2.57. The number of hydrogen-bond acceptors (Lipinski definition) is 4. The SMILES string of the molecule is O=C(NC1CC2(C1)CC(C(=O)O)C2)c1cnn2cccc(Cc3cc4ccccc4cn3)c12. The Morgan fingerprint density at radius 1 is 1.06 bits per heavy atom. The van der Waals surface area contributed by atoms with Crippen molar-refractivity contribution in [2.75, 3.05) is 0 Å². The highest BCUT2D eigenvalue weighted by Gasteiger charge is 2.55. The number of hydrogen-bond donors (Lipinski definition) is 2. The van der Waals surface area contributed by atoms with E-state index in [1.807, 2.05) is 42.7 Å². The summed E-state index contributed by atoms with van der Waals surface area (Å²) in [5.41, 5.74) is 3.41. The fourth-order valence-electron chi connectivity index (χ4n) is 5.69. The molecule has 0 radical (unpaired) electrons. The van der Waals surface area contributed by atoms with Crippen LogP contribution >= 0.6 is 0 Å². The van der Waals surface area contributed by atoms with Gasteiger partial charge >= 0.3 is 5.97 Å². The van der Waals surface area contributed by atoms with Gasteiger partial charge in [-0.3, -0.25) is 14.6 Å². The van der Waals surface area contributed by atoms with Gasteiger partial charge in [-0.05, 0) is 54.2 Å². The molecule has 3 aromatic heterocycles. The number of carbonyl (C=O) groups is 2. The monoisotopic (exact) mass is 440 g/mol. The molecule has 4 aromatic rings. The van der Waals surface area contributed by atoms with E-state index in [4.69, 9.17) is 5.11 Å². The van der Waals surface area contributed by atoms with Crippen LogP contribution in [0.1, 0.15) is 47.3 Å². The number of carboxylic acid groups (broad SMARTS) is 1. The van der Waals surface area contributed by atoms with Gasteiger partial charge in [-0.2, -0.15) is 5.10 Å². The third kappa shape index (κ3) is 3.44. The van der Waals surface area contributed by atoms with Gasteiger partial charge in [0, 0.05) is 35.9 Å². The van der Waals surface area contributed by atoms with Gasteiger partial charge in [0.2, 0.25) is 0 Å². The topological polar surface area (TPSA) is 96.6 Å². The maximum atomic E-state index is 13.1. The lowest BCUT2D eigenvalue weighted by molar-refractivity contribution is -0.155. The summed E-state index contributed by atoms with van der Waals surface area (Å²) in [7, 11) is 0. The first kappa shape index (κ1) is 19.9. The second-order valence-corrected chi connectivity index (χ2v) is 9.61. The normalized spacial score (nSPS) is 23.9. The molecule has 166 valence electrons. The summed E-state index contributed by atoms with van der Waals surface area (Å²) < 4.78 is 1.75. The molecule has 2 aliphatic rings. The fourth-order valence-corrected chi connectivity index (χ4v) is 5.69. The summed E-state index contributed by atoms with van der Waals surface area (Å²) in [5.74, 6) is -1.04. The van der Waals surface area contributed by atoms with Crippen molar-refractivity contribution in [3.05, 3.63) is 77.9 Å². The van der Waals surface area contributed by atoms with E-state index in [0.29, 0.717) is 12.0 Å². The van der Waals surface area contributed by atoms with E-state index >= 15 is 0 Å². The van der Waals surface area contributed by atoms with Gasteiger partial charge in [0.25, 0.3) is 5.91 Å². The molecule has 1 spiro atoms. The number of nitrogens with one attached hydrogen (secondary N) is 1. The summed E-state index contributed by atoms with van der Waals surface area (Å²) in [5, 5.41) is 18.9. The summed E-state index contributed by atoms with van der Waals surface area (Å²) in [4.78, 5) is 28.8. The third-order valence-electron chi connectivity index (χ3n) is 7.33. The van der Waals surface area contributed by atoms with Crippen LogP contribution < -0.4 is 5.32 Å². The van der Waals surface area contributed by atoms with Crippen molar-refractivity contribution in [3.8, 4) is 0 Å². The van der Waals surface area contributed by atoms with Crippen LogP contribution in [0.2, 0.25) is 0 Å². The number of pyridine rings is 2. The quantitative estimate of drug-likeness (QED) is 0.491. The number of aliphatic carboxylic acids is 1. The number of benzene rings is 1. The molecule has 3 heterocycles. The van der Waals surface area contributed by atoms with Crippen LogP contribution in [0.4, 0.5) is 0 Å². The first-order valence-electron chi connectivity index (χ1n) is 11.3. The Labute approximate surface area is 190 Å². The Hall–Kier alpha value is -3.74. The first-order valence-corrected chi connectivity index (χ1v) is 11.3.